The molecule has 0 spiro atoms. The van der Waals surface area contributed by atoms with E-state index < -0.39 is 23.0 Å². The van der Waals surface area contributed by atoms with Gasteiger partial charge in [-0.3, -0.25) is 9.69 Å². The third kappa shape index (κ3) is 8.97. The van der Waals surface area contributed by atoms with Crippen LogP contribution < -0.4 is 15.0 Å². The maximum atomic E-state index is 13.3. The second-order valence-electron chi connectivity index (χ2n) is 11.6. The van der Waals surface area contributed by atoms with E-state index in [0.29, 0.717) is 69.4 Å². The van der Waals surface area contributed by atoms with Crippen LogP contribution in [0.1, 0.15) is 39.2 Å². The quantitative estimate of drug-likeness (QED) is 0.422. The number of carbonyl (C=O) groups is 2. The van der Waals surface area contributed by atoms with Crippen molar-refractivity contribution in [3.05, 3.63) is 53.5 Å². The van der Waals surface area contributed by atoms with Gasteiger partial charge < -0.3 is 24.6 Å². The molecular formula is C30H37F3N6O4. The normalized spacial score (nSPS) is 16.9. The fourth-order valence-corrected chi connectivity index (χ4v) is 4.99. The summed E-state index contributed by atoms with van der Waals surface area (Å²) in [5, 5.41) is 2.82. The van der Waals surface area contributed by atoms with Gasteiger partial charge in [-0.1, -0.05) is 6.07 Å². The van der Waals surface area contributed by atoms with Gasteiger partial charge in [0.15, 0.2) is 5.69 Å². The maximum Gasteiger partial charge on any atom is 0.410 e. The highest BCUT2D eigenvalue weighted by molar-refractivity contribution is 5.91. The molecule has 0 bridgehead atoms. The van der Waals surface area contributed by atoms with Crippen molar-refractivity contribution in [3.63, 3.8) is 0 Å². The van der Waals surface area contributed by atoms with Gasteiger partial charge in [-0.15, -0.1) is 0 Å². The largest absolute Gasteiger partial charge is 0.491 e. The van der Waals surface area contributed by atoms with E-state index in [1.807, 2.05) is 20.8 Å². The van der Waals surface area contributed by atoms with Crippen molar-refractivity contribution >= 4 is 29.2 Å². The van der Waals surface area contributed by atoms with Gasteiger partial charge in [-0.05, 0) is 57.9 Å². The highest BCUT2D eigenvalue weighted by Gasteiger charge is 2.34. The summed E-state index contributed by atoms with van der Waals surface area (Å²) in [6.45, 7) is 17.2. The minimum atomic E-state index is -4.61. The molecule has 2 amide bonds. The van der Waals surface area contributed by atoms with E-state index in [2.05, 4.69) is 20.0 Å². The van der Waals surface area contributed by atoms with E-state index in [4.69, 9.17) is 16.0 Å². The molecule has 2 fully saturated rings. The van der Waals surface area contributed by atoms with E-state index >= 15 is 0 Å². The highest BCUT2D eigenvalue weighted by atomic mass is 19.4. The van der Waals surface area contributed by atoms with Gasteiger partial charge in [0.1, 0.15) is 23.8 Å². The number of hydrogen-bond acceptors (Lipinski definition) is 7. The van der Waals surface area contributed by atoms with Crippen LogP contribution in [-0.2, 0) is 15.7 Å². The number of piperidine rings is 1. The van der Waals surface area contributed by atoms with E-state index in [9.17, 15) is 22.8 Å². The smallest absolute Gasteiger partial charge is 0.410 e. The Balaban J connectivity index is 1.17. The Hall–Kier alpha value is -4.05. The topological polar surface area (TPSA) is 91.6 Å². The zero-order chi connectivity index (χ0) is 31.2. The average Bonchev–Trinajstić information content (AvgIpc) is 2.97. The third-order valence-electron chi connectivity index (χ3n) is 7.32. The lowest BCUT2D eigenvalue weighted by molar-refractivity contribution is -0.136. The lowest BCUT2D eigenvalue weighted by Gasteiger charge is -2.35. The van der Waals surface area contributed by atoms with E-state index in [-0.39, 0.29) is 17.9 Å². The molecule has 1 aromatic heterocycles. The van der Waals surface area contributed by atoms with Crippen molar-refractivity contribution in [2.75, 3.05) is 62.6 Å². The molecule has 3 heterocycles. The number of aromatic nitrogens is 1. The first kappa shape index (κ1) is 31.9. The summed E-state index contributed by atoms with van der Waals surface area (Å²) in [5.41, 5.74) is -1.50. The first-order chi connectivity index (χ1) is 20.3. The molecule has 0 saturated carbocycles. The van der Waals surface area contributed by atoms with Crippen LogP contribution >= 0.6 is 0 Å². The molecule has 0 atom stereocenters. The number of hydrogen-bond donors (Lipinski definition) is 1. The molecule has 0 radical (unpaired) electrons. The fraction of sp³-hybridized carbons (Fsp3) is 0.533. The van der Waals surface area contributed by atoms with Gasteiger partial charge in [-0.2, -0.15) is 13.2 Å². The van der Waals surface area contributed by atoms with Gasteiger partial charge in [0.05, 0.1) is 18.3 Å². The molecule has 0 unspecified atom stereocenters. The Morgan fingerprint density at radius 2 is 1.74 bits per heavy atom. The second-order valence-corrected chi connectivity index (χ2v) is 11.6. The van der Waals surface area contributed by atoms with Crippen LogP contribution in [0.3, 0.4) is 0 Å². The molecule has 232 valence electrons. The van der Waals surface area contributed by atoms with Crippen molar-refractivity contribution in [1.29, 1.82) is 0 Å². The minimum absolute atomic E-state index is 0.189. The Labute approximate surface area is 249 Å². The van der Waals surface area contributed by atoms with Crippen molar-refractivity contribution in [1.82, 2.24) is 14.8 Å². The number of carbonyl (C=O) groups excluding carboxylic acids is 2. The summed E-state index contributed by atoms with van der Waals surface area (Å²) in [6, 6.07) is 7.12. The summed E-state index contributed by atoms with van der Waals surface area (Å²) in [7, 11) is 0. The van der Waals surface area contributed by atoms with Crippen LogP contribution in [0.25, 0.3) is 4.85 Å². The molecule has 0 aliphatic carbocycles. The number of halogens is 3. The predicted octanol–water partition coefficient (Wildman–Crippen LogP) is 5.44. The molecule has 2 aliphatic rings. The van der Waals surface area contributed by atoms with Crippen LogP contribution in [0, 0.1) is 12.5 Å². The molecule has 4 rings (SSSR count). The van der Waals surface area contributed by atoms with E-state index in [1.54, 1.807) is 28.1 Å². The average molecular weight is 603 g/mol. The monoisotopic (exact) mass is 602 g/mol. The Morgan fingerprint density at radius 3 is 2.33 bits per heavy atom. The number of amides is 2. The first-order valence-corrected chi connectivity index (χ1v) is 14.3. The van der Waals surface area contributed by atoms with Crippen molar-refractivity contribution in [2.24, 2.45) is 5.92 Å². The molecular weight excluding hydrogens is 565 g/mol. The lowest BCUT2D eigenvalue weighted by Crippen LogP contribution is -2.50. The molecule has 10 nitrogen and oxygen atoms in total. The number of pyridine rings is 1. The molecule has 43 heavy (non-hydrogen) atoms. The molecule has 13 heteroatoms. The minimum Gasteiger partial charge on any atom is -0.491 e. The molecule has 2 aliphatic heterocycles. The molecule has 1 aromatic carbocycles. The van der Waals surface area contributed by atoms with Gasteiger partial charge in [0.2, 0.25) is 5.91 Å². The number of nitrogens with zero attached hydrogens (tertiary/aromatic N) is 5. The number of rotatable bonds is 7. The van der Waals surface area contributed by atoms with Gasteiger partial charge >= 0.3 is 12.3 Å². The Kier molecular flexibility index (Phi) is 10.0. The van der Waals surface area contributed by atoms with E-state index in [0.717, 1.165) is 19.2 Å². The van der Waals surface area contributed by atoms with Crippen LogP contribution in [-0.4, -0.2) is 84.8 Å². The standard InChI is InChI=1S/C30H37F3N6O4/c1-29(2,3)43-28(41)39-15-13-37(14-16-39)17-18-42-23-6-8-26(35-20-23)36-27(40)21-9-11-38(12-10-21)22-5-7-25(34-4)24(19-22)30(31,32)33/h5-8,19-21H,9-18H2,1-3H3,(H,35,36,40). The number of piperazine rings is 1. The molecule has 1 N–H and O–H groups in total. The third-order valence-corrected chi connectivity index (χ3v) is 7.32. The van der Waals surface area contributed by atoms with E-state index in [1.165, 1.54) is 12.1 Å². The number of anilines is 2. The predicted molar refractivity (Wildman–Crippen MR) is 155 cm³/mol. The molecule has 2 aromatic rings. The highest BCUT2D eigenvalue weighted by Crippen LogP contribution is 2.39. The maximum absolute atomic E-state index is 13.3. The van der Waals surface area contributed by atoms with Crippen molar-refractivity contribution in [2.45, 2.75) is 45.4 Å². The SMILES string of the molecule is [C-]#[N+]c1ccc(N2CCC(C(=O)Nc3ccc(OCCN4CCN(C(=O)OC(C)(C)C)CC4)cn3)CC2)cc1C(F)(F)F. The summed E-state index contributed by atoms with van der Waals surface area (Å²) in [5.74, 6) is 0.476. The Morgan fingerprint density at radius 1 is 1.05 bits per heavy atom. The summed E-state index contributed by atoms with van der Waals surface area (Å²) < 4.78 is 51.3. The van der Waals surface area contributed by atoms with Gasteiger partial charge in [-0.25, -0.2) is 14.6 Å². The number of ether oxygens (including phenoxy) is 2. The van der Waals surface area contributed by atoms with Crippen LogP contribution in [0.5, 0.6) is 5.75 Å². The van der Waals surface area contributed by atoms with Crippen molar-refractivity contribution in [3.8, 4) is 5.75 Å². The number of alkyl halides is 3. The summed E-state index contributed by atoms with van der Waals surface area (Å²) in [6.07, 6.45) is -2.40. The Bertz CT molecular complexity index is 1310. The van der Waals surface area contributed by atoms with Crippen LogP contribution in [0.2, 0.25) is 0 Å². The summed E-state index contributed by atoms with van der Waals surface area (Å²) in [4.78, 5) is 38.0. The fourth-order valence-electron chi connectivity index (χ4n) is 4.99. The van der Waals surface area contributed by atoms with Crippen LogP contribution in [0.4, 0.5) is 35.2 Å². The van der Waals surface area contributed by atoms with Gasteiger partial charge in [0.25, 0.3) is 0 Å². The second kappa shape index (κ2) is 13.5. The molecule has 2 saturated heterocycles. The summed E-state index contributed by atoms with van der Waals surface area (Å²) >= 11 is 0. The van der Waals surface area contributed by atoms with Crippen LogP contribution in [0.15, 0.2) is 36.5 Å². The first-order valence-electron chi connectivity index (χ1n) is 14.3. The van der Waals surface area contributed by atoms with Gasteiger partial charge in [0, 0.05) is 57.4 Å². The zero-order valence-corrected chi connectivity index (χ0v) is 24.6. The number of benzene rings is 1. The lowest BCUT2D eigenvalue weighted by atomic mass is 9.95. The van der Waals surface area contributed by atoms with Crippen molar-refractivity contribution < 1.29 is 32.2 Å². The zero-order valence-electron chi connectivity index (χ0n) is 24.6. The number of nitrogens with one attached hydrogen (secondary N) is 1.